The second kappa shape index (κ2) is 5.40. The molecule has 2 rings (SSSR count). The van der Waals surface area contributed by atoms with E-state index in [0.717, 1.165) is 12.2 Å². The van der Waals surface area contributed by atoms with Gasteiger partial charge in [-0.1, -0.05) is 11.6 Å². The summed E-state index contributed by atoms with van der Waals surface area (Å²) >= 11 is 6.00. The molecule has 0 fully saturated rings. The lowest BCUT2D eigenvalue weighted by Gasteiger charge is -2.12. The summed E-state index contributed by atoms with van der Waals surface area (Å²) in [6.45, 7) is 4.54. The van der Waals surface area contributed by atoms with Crippen molar-refractivity contribution in [2.45, 2.75) is 13.8 Å². The smallest absolute Gasteiger partial charge is 0.257 e. The average Bonchev–Trinajstić information content (AvgIpc) is 2.70. The summed E-state index contributed by atoms with van der Waals surface area (Å²) in [5.74, 6) is 1.51. The van der Waals surface area contributed by atoms with E-state index in [1.54, 1.807) is 10.9 Å². The lowest BCUT2D eigenvalue weighted by Crippen LogP contribution is -2.17. The van der Waals surface area contributed by atoms with Gasteiger partial charge in [-0.3, -0.25) is 0 Å². The number of anilines is 2. The van der Waals surface area contributed by atoms with Crippen LogP contribution in [0.3, 0.4) is 0 Å². The first kappa shape index (κ1) is 13.5. The Morgan fingerprint density at radius 2 is 2.05 bits per heavy atom. The Morgan fingerprint density at radius 1 is 1.32 bits per heavy atom. The largest absolute Gasteiger partial charge is 0.354 e. The third-order valence-electron chi connectivity index (χ3n) is 2.39. The molecule has 0 unspecified atom stereocenters. The van der Waals surface area contributed by atoms with Gasteiger partial charge >= 0.3 is 0 Å². The molecule has 0 aromatic carbocycles. The molecule has 102 valence electrons. The third-order valence-corrected chi connectivity index (χ3v) is 2.76. The van der Waals surface area contributed by atoms with Gasteiger partial charge in [0.05, 0.1) is 16.9 Å². The van der Waals surface area contributed by atoms with E-state index in [4.69, 9.17) is 11.6 Å². The van der Waals surface area contributed by atoms with E-state index in [-0.39, 0.29) is 0 Å². The number of hydrogen-bond acceptors (Lipinski definition) is 6. The number of aromatic nitrogens is 5. The van der Waals surface area contributed by atoms with Crippen LogP contribution in [0.2, 0.25) is 5.02 Å². The highest BCUT2D eigenvalue weighted by atomic mass is 35.5. The molecular formula is C11H16ClN7. The highest BCUT2D eigenvalue weighted by Gasteiger charge is 2.11. The third kappa shape index (κ3) is 2.93. The first-order chi connectivity index (χ1) is 9.01. The van der Waals surface area contributed by atoms with Crippen molar-refractivity contribution in [3.63, 3.8) is 0 Å². The maximum absolute atomic E-state index is 6.00. The fourth-order valence-electron chi connectivity index (χ4n) is 1.43. The van der Waals surface area contributed by atoms with E-state index >= 15 is 0 Å². The summed E-state index contributed by atoms with van der Waals surface area (Å²) in [5.41, 5.74) is 0.735. The standard InChI is InChI=1S/C11H16ClN7/c1-5-13-9-14-10(18(3)4)16-11(15-9)19-6-8(12)7(2)17-19/h6H,5H2,1-4H3,(H,13,14,15,16). The minimum absolute atomic E-state index is 0.435. The van der Waals surface area contributed by atoms with Gasteiger partial charge in [0.1, 0.15) is 0 Å². The number of hydrogen-bond donors (Lipinski definition) is 1. The molecule has 0 amide bonds. The monoisotopic (exact) mass is 281 g/mol. The molecule has 0 spiro atoms. The van der Waals surface area contributed by atoms with Crippen molar-refractivity contribution in [1.82, 2.24) is 24.7 Å². The molecule has 0 radical (unpaired) electrons. The highest BCUT2D eigenvalue weighted by Crippen LogP contribution is 2.16. The summed E-state index contributed by atoms with van der Waals surface area (Å²) in [5, 5.41) is 7.92. The Morgan fingerprint density at radius 3 is 2.58 bits per heavy atom. The first-order valence-electron chi connectivity index (χ1n) is 5.90. The number of halogens is 1. The van der Waals surface area contributed by atoms with Crippen molar-refractivity contribution >= 4 is 23.5 Å². The van der Waals surface area contributed by atoms with Crippen LogP contribution in [0.5, 0.6) is 0 Å². The Bertz CT molecular complexity index is 559. The molecule has 2 aromatic heterocycles. The van der Waals surface area contributed by atoms with Crippen LogP contribution in [0.25, 0.3) is 5.95 Å². The van der Waals surface area contributed by atoms with Gasteiger partial charge in [-0.15, -0.1) is 0 Å². The predicted octanol–water partition coefficient (Wildman–Crippen LogP) is 1.52. The molecule has 0 saturated carbocycles. The van der Waals surface area contributed by atoms with Gasteiger partial charge < -0.3 is 10.2 Å². The van der Waals surface area contributed by atoms with Crippen molar-refractivity contribution in [2.75, 3.05) is 30.9 Å². The molecule has 0 atom stereocenters. The van der Waals surface area contributed by atoms with Crippen LogP contribution in [0.4, 0.5) is 11.9 Å². The number of nitrogens with zero attached hydrogens (tertiary/aromatic N) is 6. The minimum atomic E-state index is 0.435. The van der Waals surface area contributed by atoms with E-state index in [1.165, 1.54) is 0 Å². The van der Waals surface area contributed by atoms with Crippen molar-refractivity contribution in [3.8, 4) is 5.95 Å². The Balaban J connectivity index is 2.49. The van der Waals surface area contributed by atoms with Gasteiger partial charge in [-0.05, 0) is 13.8 Å². The normalized spacial score (nSPS) is 10.6. The van der Waals surface area contributed by atoms with Crippen molar-refractivity contribution in [1.29, 1.82) is 0 Å². The van der Waals surface area contributed by atoms with E-state index in [1.807, 2.05) is 32.8 Å². The van der Waals surface area contributed by atoms with Crippen LogP contribution in [0.1, 0.15) is 12.6 Å². The van der Waals surface area contributed by atoms with E-state index in [0.29, 0.717) is 22.9 Å². The van der Waals surface area contributed by atoms with Gasteiger partial charge in [0.2, 0.25) is 11.9 Å². The molecule has 2 heterocycles. The maximum Gasteiger partial charge on any atom is 0.257 e. The quantitative estimate of drug-likeness (QED) is 0.916. The van der Waals surface area contributed by atoms with Crippen molar-refractivity contribution < 1.29 is 0 Å². The second-order valence-corrected chi connectivity index (χ2v) is 4.60. The molecule has 0 saturated heterocycles. The van der Waals surface area contributed by atoms with Gasteiger partial charge in [-0.2, -0.15) is 20.1 Å². The molecular weight excluding hydrogens is 266 g/mol. The zero-order chi connectivity index (χ0) is 14.0. The van der Waals surface area contributed by atoms with Gasteiger partial charge in [-0.25, -0.2) is 4.68 Å². The Hall–Kier alpha value is -1.89. The molecule has 0 aliphatic heterocycles. The zero-order valence-electron chi connectivity index (χ0n) is 11.3. The molecule has 7 nitrogen and oxygen atoms in total. The van der Waals surface area contributed by atoms with Crippen LogP contribution in [-0.4, -0.2) is 45.4 Å². The van der Waals surface area contributed by atoms with Crippen molar-refractivity contribution in [2.24, 2.45) is 0 Å². The fraction of sp³-hybridized carbons (Fsp3) is 0.455. The van der Waals surface area contributed by atoms with Crippen LogP contribution in [0.15, 0.2) is 6.20 Å². The van der Waals surface area contributed by atoms with Crippen LogP contribution in [-0.2, 0) is 0 Å². The summed E-state index contributed by atoms with van der Waals surface area (Å²) in [7, 11) is 3.74. The van der Waals surface area contributed by atoms with Gasteiger partial charge in [0.15, 0.2) is 0 Å². The van der Waals surface area contributed by atoms with E-state index < -0.39 is 0 Å². The molecule has 19 heavy (non-hydrogen) atoms. The number of aryl methyl sites for hydroxylation is 1. The molecule has 1 N–H and O–H groups in total. The van der Waals surface area contributed by atoms with E-state index in [2.05, 4.69) is 25.4 Å². The lowest BCUT2D eigenvalue weighted by molar-refractivity contribution is 0.780. The van der Waals surface area contributed by atoms with E-state index in [9.17, 15) is 0 Å². The van der Waals surface area contributed by atoms with Crippen LogP contribution in [0, 0.1) is 6.92 Å². The van der Waals surface area contributed by atoms with Crippen molar-refractivity contribution in [3.05, 3.63) is 16.9 Å². The minimum Gasteiger partial charge on any atom is -0.354 e. The topological polar surface area (TPSA) is 71.8 Å². The fourth-order valence-corrected chi connectivity index (χ4v) is 1.57. The number of nitrogens with one attached hydrogen (secondary N) is 1. The summed E-state index contributed by atoms with van der Waals surface area (Å²) in [6, 6.07) is 0. The maximum atomic E-state index is 6.00. The molecule has 0 bridgehead atoms. The Labute approximate surface area is 116 Å². The second-order valence-electron chi connectivity index (χ2n) is 4.19. The van der Waals surface area contributed by atoms with Gasteiger partial charge in [0, 0.05) is 20.6 Å². The average molecular weight is 282 g/mol. The predicted molar refractivity (Wildman–Crippen MR) is 75.2 cm³/mol. The summed E-state index contributed by atoms with van der Waals surface area (Å²) in [4.78, 5) is 14.8. The number of rotatable bonds is 4. The molecule has 0 aliphatic rings. The molecule has 8 heteroatoms. The summed E-state index contributed by atoms with van der Waals surface area (Å²) < 4.78 is 1.55. The van der Waals surface area contributed by atoms with Crippen LogP contribution >= 0.6 is 11.6 Å². The lowest BCUT2D eigenvalue weighted by atomic mass is 10.5. The zero-order valence-corrected chi connectivity index (χ0v) is 12.1. The highest BCUT2D eigenvalue weighted by molar-refractivity contribution is 6.31. The SMILES string of the molecule is CCNc1nc(N(C)C)nc(-n2cc(Cl)c(C)n2)n1. The Kier molecular flexibility index (Phi) is 3.84. The van der Waals surface area contributed by atoms with Gasteiger partial charge in [0.25, 0.3) is 5.95 Å². The summed E-state index contributed by atoms with van der Waals surface area (Å²) in [6.07, 6.45) is 1.68. The molecule has 0 aliphatic carbocycles. The molecule has 2 aromatic rings. The van der Waals surface area contributed by atoms with Crippen LogP contribution < -0.4 is 10.2 Å². The first-order valence-corrected chi connectivity index (χ1v) is 6.28.